The number of benzene rings is 2. The van der Waals surface area contributed by atoms with Crippen molar-refractivity contribution >= 4 is 28.9 Å². The van der Waals surface area contributed by atoms with Gasteiger partial charge in [-0.2, -0.15) is 5.21 Å². The first-order valence-electron chi connectivity index (χ1n) is 6.24. The number of rotatable bonds is 4. The summed E-state index contributed by atoms with van der Waals surface area (Å²) in [5.74, 6) is 0.512. The standard InChI is InChI=1S/C14H11Cl2N5/c15-9-5-7-10(8-6-9)17-13(14-18-20-21-19-14)11-3-1-2-4-12(11)16/h1-8,13,17H,(H,18,19,20,21). The zero-order valence-electron chi connectivity index (χ0n) is 10.8. The summed E-state index contributed by atoms with van der Waals surface area (Å²) in [6.07, 6.45) is 0. The van der Waals surface area contributed by atoms with E-state index in [2.05, 4.69) is 25.9 Å². The molecule has 0 bridgehead atoms. The van der Waals surface area contributed by atoms with Gasteiger partial charge in [0.05, 0.1) is 0 Å². The average molecular weight is 320 g/mol. The van der Waals surface area contributed by atoms with Gasteiger partial charge in [-0.15, -0.1) is 10.2 Å². The minimum atomic E-state index is -0.307. The zero-order valence-corrected chi connectivity index (χ0v) is 12.3. The van der Waals surface area contributed by atoms with E-state index in [4.69, 9.17) is 23.2 Å². The number of H-pyrrole nitrogens is 1. The topological polar surface area (TPSA) is 66.5 Å². The van der Waals surface area contributed by atoms with Crippen LogP contribution in [0.5, 0.6) is 0 Å². The van der Waals surface area contributed by atoms with Crippen LogP contribution >= 0.6 is 23.2 Å². The van der Waals surface area contributed by atoms with Crippen LogP contribution in [0, 0.1) is 0 Å². The number of aromatic amines is 1. The number of aromatic nitrogens is 4. The lowest BCUT2D eigenvalue weighted by atomic mass is 10.1. The van der Waals surface area contributed by atoms with E-state index in [0.29, 0.717) is 15.9 Å². The minimum absolute atomic E-state index is 0.307. The molecule has 1 atom stereocenters. The first-order chi connectivity index (χ1) is 10.2. The number of tetrazole rings is 1. The fourth-order valence-electron chi connectivity index (χ4n) is 2.00. The summed E-state index contributed by atoms with van der Waals surface area (Å²) in [6.45, 7) is 0. The Labute approximate surface area is 131 Å². The second-order valence-electron chi connectivity index (χ2n) is 4.38. The molecule has 7 heteroatoms. The molecule has 0 radical (unpaired) electrons. The van der Waals surface area contributed by atoms with E-state index >= 15 is 0 Å². The summed E-state index contributed by atoms with van der Waals surface area (Å²) in [5, 5.41) is 18.8. The van der Waals surface area contributed by atoms with Crippen LogP contribution in [-0.2, 0) is 0 Å². The Kier molecular flexibility index (Phi) is 4.03. The molecule has 2 aromatic carbocycles. The van der Waals surface area contributed by atoms with E-state index < -0.39 is 0 Å². The smallest absolute Gasteiger partial charge is 0.201 e. The van der Waals surface area contributed by atoms with Crippen molar-refractivity contribution in [2.45, 2.75) is 6.04 Å². The minimum Gasteiger partial charge on any atom is -0.371 e. The van der Waals surface area contributed by atoms with Gasteiger partial charge in [0.2, 0.25) is 5.82 Å². The highest BCUT2D eigenvalue weighted by Crippen LogP contribution is 2.29. The van der Waals surface area contributed by atoms with E-state index in [1.165, 1.54) is 0 Å². The lowest BCUT2D eigenvalue weighted by molar-refractivity contribution is 0.835. The van der Waals surface area contributed by atoms with Gasteiger partial charge in [0.1, 0.15) is 6.04 Å². The predicted molar refractivity (Wildman–Crippen MR) is 82.5 cm³/mol. The van der Waals surface area contributed by atoms with Crippen molar-refractivity contribution in [3.63, 3.8) is 0 Å². The molecule has 1 aromatic heterocycles. The third-order valence-electron chi connectivity index (χ3n) is 2.99. The van der Waals surface area contributed by atoms with E-state index in [-0.39, 0.29) is 6.04 Å². The van der Waals surface area contributed by atoms with Gasteiger partial charge in [-0.1, -0.05) is 46.6 Å². The maximum atomic E-state index is 6.28. The second kappa shape index (κ2) is 6.11. The number of nitrogens with one attached hydrogen (secondary N) is 2. The van der Waals surface area contributed by atoms with Crippen molar-refractivity contribution in [3.05, 3.63) is 70.0 Å². The van der Waals surface area contributed by atoms with Crippen LogP contribution in [0.3, 0.4) is 0 Å². The molecule has 1 heterocycles. The highest BCUT2D eigenvalue weighted by Gasteiger charge is 2.20. The summed E-state index contributed by atoms with van der Waals surface area (Å²) < 4.78 is 0. The fourth-order valence-corrected chi connectivity index (χ4v) is 2.37. The Hall–Kier alpha value is -2.11. The zero-order chi connectivity index (χ0) is 14.7. The quantitative estimate of drug-likeness (QED) is 0.769. The van der Waals surface area contributed by atoms with Crippen LogP contribution in [0.15, 0.2) is 48.5 Å². The van der Waals surface area contributed by atoms with Crippen molar-refractivity contribution in [1.82, 2.24) is 20.6 Å². The Bertz CT molecular complexity index is 712. The highest BCUT2D eigenvalue weighted by atomic mass is 35.5. The van der Waals surface area contributed by atoms with Gasteiger partial charge < -0.3 is 5.32 Å². The molecule has 0 saturated carbocycles. The molecule has 0 aliphatic heterocycles. The van der Waals surface area contributed by atoms with Crippen molar-refractivity contribution in [3.8, 4) is 0 Å². The lowest BCUT2D eigenvalue weighted by Gasteiger charge is -2.18. The highest BCUT2D eigenvalue weighted by molar-refractivity contribution is 6.31. The lowest BCUT2D eigenvalue weighted by Crippen LogP contribution is -2.14. The Morgan fingerprint density at radius 3 is 2.43 bits per heavy atom. The molecule has 0 aliphatic carbocycles. The molecule has 21 heavy (non-hydrogen) atoms. The first kappa shape index (κ1) is 13.9. The third kappa shape index (κ3) is 3.15. The second-order valence-corrected chi connectivity index (χ2v) is 5.22. The van der Waals surface area contributed by atoms with Crippen molar-refractivity contribution in [1.29, 1.82) is 0 Å². The third-order valence-corrected chi connectivity index (χ3v) is 3.59. The molecular formula is C14H11Cl2N5. The van der Waals surface area contributed by atoms with Crippen LogP contribution < -0.4 is 5.32 Å². The van der Waals surface area contributed by atoms with Gasteiger partial charge in [0.15, 0.2) is 0 Å². The molecular weight excluding hydrogens is 309 g/mol. The summed E-state index contributed by atoms with van der Waals surface area (Å²) in [5.41, 5.74) is 1.75. The van der Waals surface area contributed by atoms with Crippen molar-refractivity contribution in [2.24, 2.45) is 0 Å². The van der Waals surface area contributed by atoms with E-state index in [0.717, 1.165) is 11.3 Å². The monoisotopic (exact) mass is 319 g/mol. The van der Waals surface area contributed by atoms with Crippen LogP contribution in [0.2, 0.25) is 10.0 Å². The molecule has 5 nitrogen and oxygen atoms in total. The molecule has 0 fully saturated rings. The largest absolute Gasteiger partial charge is 0.371 e. The van der Waals surface area contributed by atoms with Gasteiger partial charge in [0, 0.05) is 21.3 Å². The maximum absolute atomic E-state index is 6.28. The average Bonchev–Trinajstić information content (AvgIpc) is 3.02. The molecule has 0 spiro atoms. The van der Waals surface area contributed by atoms with Crippen molar-refractivity contribution in [2.75, 3.05) is 5.32 Å². The van der Waals surface area contributed by atoms with E-state index in [9.17, 15) is 0 Å². The summed E-state index contributed by atoms with van der Waals surface area (Å²) in [7, 11) is 0. The first-order valence-corrected chi connectivity index (χ1v) is 6.99. The molecule has 0 aliphatic rings. The van der Waals surface area contributed by atoms with Crippen LogP contribution in [0.4, 0.5) is 5.69 Å². The number of hydrogen-bond donors (Lipinski definition) is 2. The summed E-state index contributed by atoms with van der Waals surface area (Å²) in [6, 6.07) is 14.6. The summed E-state index contributed by atoms with van der Waals surface area (Å²) in [4.78, 5) is 0. The van der Waals surface area contributed by atoms with Gasteiger partial charge in [-0.05, 0) is 30.3 Å². The van der Waals surface area contributed by atoms with Gasteiger partial charge in [0.25, 0.3) is 0 Å². The molecule has 3 rings (SSSR count). The fraction of sp³-hybridized carbons (Fsp3) is 0.0714. The van der Waals surface area contributed by atoms with E-state index in [1.54, 1.807) is 0 Å². The van der Waals surface area contributed by atoms with Crippen LogP contribution in [0.25, 0.3) is 0 Å². The van der Waals surface area contributed by atoms with Gasteiger partial charge in [-0.3, -0.25) is 0 Å². The molecule has 2 N–H and O–H groups in total. The number of anilines is 1. The van der Waals surface area contributed by atoms with Gasteiger partial charge in [-0.25, -0.2) is 0 Å². The molecule has 3 aromatic rings. The van der Waals surface area contributed by atoms with E-state index in [1.807, 2.05) is 48.5 Å². The summed E-state index contributed by atoms with van der Waals surface area (Å²) >= 11 is 12.2. The Balaban J connectivity index is 1.97. The number of hydrogen-bond acceptors (Lipinski definition) is 4. The Morgan fingerprint density at radius 2 is 1.76 bits per heavy atom. The number of nitrogens with zero attached hydrogens (tertiary/aromatic N) is 3. The van der Waals surface area contributed by atoms with Gasteiger partial charge >= 0.3 is 0 Å². The van der Waals surface area contributed by atoms with Crippen LogP contribution in [0.1, 0.15) is 17.4 Å². The number of halogens is 2. The van der Waals surface area contributed by atoms with Crippen LogP contribution in [-0.4, -0.2) is 20.6 Å². The predicted octanol–water partition coefficient (Wildman–Crippen LogP) is 3.71. The molecule has 106 valence electrons. The molecule has 0 saturated heterocycles. The molecule has 0 amide bonds. The SMILES string of the molecule is Clc1ccc(NC(c2nn[nH]n2)c2ccccc2Cl)cc1. The normalized spacial score (nSPS) is 12.1. The molecule has 1 unspecified atom stereocenters. The Morgan fingerprint density at radius 1 is 1.00 bits per heavy atom. The van der Waals surface area contributed by atoms with Crippen molar-refractivity contribution < 1.29 is 0 Å². The maximum Gasteiger partial charge on any atom is 0.201 e.